The first-order valence-corrected chi connectivity index (χ1v) is 49.1. The van der Waals surface area contributed by atoms with Crippen LogP contribution >= 0.6 is 0 Å². The smallest absolute Gasteiger partial charge is 0.381 e. The zero-order valence-corrected chi connectivity index (χ0v) is 82.1. The van der Waals surface area contributed by atoms with Gasteiger partial charge in [0.1, 0.15) is 0 Å². The maximum atomic E-state index is 12.2. The van der Waals surface area contributed by atoms with Gasteiger partial charge in [0.05, 0.1) is 0 Å². The van der Waals surface area contributed by atoms with E-state index in [4.69, 9.17) is 4.74 Å². The van der Waals surface area contributed by atoms with Crippen molar-refractivity contribution in [1.29, 1.82) is 0 Å². The molecule has 11 rings (SSSR count). The van der Waals surface area contributed by atoms with Gasteiger partial charge < -0.3 is 4.74 Å². The lowest BCUT2D eigenvalue weighted by atomic mass is 9.78. The quantitative estimate of drug-likeness (QED) is 0.0876. The fourth-order valence-corrected chi connectivity index (χ4v) is 18.5. The van der Waals surface area contributed by atoms with Crippen molar-refractivity contribution in [2.75, 3.05) is 13.2 Å². The second-order valence-electron chi connectivity index (χ2n) is 46.1. The Labute approximate surface area is 704 Å². The van der Waals surface area contributed by atoms with E-state index in [1.54, 1.807) is 58.8 Å². The number of hydrogen-bond donors (Lipinski definition) is 0. The number of fused-ring (bicyclic) bond motifs is 3. The number of halogens is 8. The lowest BCUT2D eigenvalue weighted by Crippen LogP contribution is -2.16. The zero-order chi connectivity index (χ0) is 87.4. The molecule has 0 spiro atoms. The summed E-state index contributed by atoms with van der Waals surface area (Å²) < 4.78 is 98.3. The molecule has 1 aliphatic heterocycles. The van der Waals surface area contributed by atoms with E-state index < -0.39 is 31.1 Å². The van der Waals surface area contributed by atoms with Crippen LogP contribution in [0.3, 0.4) is 0 Å². The third-order valence-electron chi connectivity index (χ3n) is 26.4. The van der Waals surface area contributed by atoms with Crippen molar-refractivity contribution in [3.63, 3.8) is 0 Å². The van der Waals surface area contributed by atoms with Crippen molar-refractivity contribution in [3.8, 4) is 0 Å². The molecule has 1 saturated heterocycles. The first-order chi connectivity index (χ1) is 52.0. The average Bonchev–Trinajstić information content (AvgIpc) is 1.66. The summed E-state index contributed by atoms with van der Waals surface area (Å²) in [6.45, 7) is 76.1. The van der Waals surface area contributed by atoms with Crippen molar-refractivity contribution in [3.05, 3.63) is 0 Å². The Morgan fingerprint density at radius 2 is 0.752 bits per heavy atom. The second-order valence-corrected chi connectivity index (χ2v) is 46.1. The Balaban J connectivity index is 0. The van der Waals surface area contributed by atoms with Crippen LogP contribution in [0.2, 0.25) is 0 Å². The second kappa shape index (κ2) is 60.0. The van der Waals surface area contributed by atoms with Gasteiger partial charge in [-0.25, -0.2) is 8.78 Å². The molecule has 113 heavy (non-hydrogen) atoms. The van der Waals surface area contributed by atoms with Crippen LogP contribution in [-0.4, -0.2) is 31.5 Å². The fraction of sp³-hybridized carbons (Fsp3) is 1.00. The minimum Gasteiger partial charge on any atom is -0.381 e. The molecule has 11 aliphatic rings. The van der Waals surface area contributed by atoms with Crippen LogP contribution in [0, 0.1) is 171 Å². The Hall–Kier alpha value is -0.600. The Morgan fingerprint density at radius 3 is 0.973 bits per heavy atom. The van der Waals surface area contributed by atoms with Crippen LogP contribution in [0.25, 0.3) is 0 Å². The summed E-state index contributed by atoms with van der Waals surface area (Å²) in [6.07, 6.45) is 37.2. The SMILES string of the molecule is CC(C)C1CC2CCC1C2.CC(C)C1CCC1.CC(C)C1CCCCC1.CC(C)C1C[C@@H]2C[C@@H]2C1.CC(C)CC(C)C.CC(C)CC1(C)CC1.CC(C)CC1CC1(C)C.CC(C)CC1CC1(F)F.CC(C)CC1CCCC1.CC(C)CC1CCOC1.CC(C)CCC(C)C.CC(C)CCC(F)(F)F.CC(C)CCCC(F)(F)F. The summed E-state index contributed by atoms with van der Waals surface area (Å²) in [5.41, 5.74) is 1.47. The minimum atomic E-state index is -3.97. The van der Waals surface area contributed by atoms with Gasteiger partial charge in [0.15, 0.2) is 0 Å². The molecule has 9 atom stereocenters. The van der Waals surface area contributed by atoms with E-state index in [9.17, 15) is 35.1 Å². The molecule has 1 heterocycles. The Kier molecular flexibility index (Phi) is 60.8. The highest BCUT2D eigenvalue weighted by atomic mass is 19.4. The minimum absolute atomic E-state index is 0.130. The lowest BCUT2D eigenvalue weighted by molar-refractivity contribution is -0.137. The van der Waals surface area contributed by atoms with Gasteiger partial charge in [0.2, 0.25) is 0 Å². The van der Waals surface area contributed by atoms with Crippen molar-refractivity contribution in [1.82, 2.24) is 0 Å². The van der Waals surface area contributed by atoms with Crippen LogP contribution in [0.5, 0.6) is 0 Å². The first kappa shape index (κ1) is 114. The van der Waals surface area contributed by atoms with Gasteiger partial charge in [-0.05, 0) is 280 Å². The van der Waals surface area contributed by atoms with Gasteiger partial charge >= 0.3 is 12.4 Å². The van der Waals surface area contributed by atoms with Gasteiger partial charge in [-0.3, -0.25) is 0 Å². The predicted octanol–water partition coefficient (Wildman–Crippen LogP) is 37.4. The number of rotatable bonds is 24. The molecule has 0 aromatic carbocycles. The lowest BCUT2D eigenvalue weighted by Gasteiger charge is -2.28. The molecule has 10 aliphatic carbocycles. The van der Waals surface area contributed by atoms with E-state index in [0.29, 0.717) is 30.1 Å². The molecule has 9 heteroatoms. The monoisotopic (exact) mass is 1620 g/mol. The largest absolute Gasteiger partial charge is 0.389 e. The number of ether oxygens (including phenoxy) is 1. The summed E-state index contributed by atoms with van der Waals surface area (Å²) in [6, 6.07) is 0. The van der Waals surface area contributed by atoms with Crippen molar-refractivity contribution < 1.29 is 39.9 Å². The zero-order valence-electron chi connectivity index (χ0n) is 82.1. The van der Waals surface area contributed by atoms with E-state index >= 15 is 0 Å². The van der Waals surface area contributed by atoms with Crippen molar-refractivity contribution >= 4 is 0 Å². The first-order valence-electron chi connectivity index (χ1n) is 49.1. The van der Waals surface area contributed by atoms with Crippen LogP contribution in [0.4, 0.5) is 35.1 Å². The van der Waals surface area contributed by atoms with E-state index in [-0.39, 0.29) is 31.1 Å². The summed E-state index contributed by atoms with van der Waals surface area (Å²) in [7, 11) is 0. The van der Waals surface area contributed by atoms with Crippen molar-refractivity contribution in [2.45, 2.75) is 484 Å². The summed E-state index contributed by atoms with van der Waals surface area (Å²) in [4.78, 5) is 0. The predicted molar refractivity (Wildman–Crippen MR) is 485 cm³/mol. The fourth-order valence-electron chi connectivity index (χ4n) is 18.5. The molecule has 1 nitrogen and oxygen atoms in total. The molecule has 11 fully saturated rings. The maximum absolute atomic E-state index is 12.2. The van der Waals surface area contributed by atoms with E-state index in [1.807, 2.05) is 27.7 Å². The Morgan fingerprint density at radius 1 is 0.345 bits per heavy atom. The molecule has 682 valence electrons. The molecular weight excluding hydrogens is 1420 g/mol. The molecule has 2 bridgehead atoms. The number of hydrogen-bond acceptors (Lipinski definition) is 1. The van der Waals surface area contributed by atoms with E-state index in [1.165, 1.54) is 160 Å². The molecule has 10 saturated carbocycles. The van der Waals surface area contributed by atoms with Gasteiger partial charge in [0.25, 0.3) is 5.92 Å². The van der Waals surface area contributed by atoms with Crippen LogP contribution in [0.1, 0.15) is 466 Å². The maximum Gasteiger partial charge on any atom is 0.389 e. The van der Waals surface area contributed by atoms with Crippen LogP contribution in [-0.2, 0) is 4.74 Å². The standard InChI is InChI=1S/C10H18.C9H16.3C9H18.C8H16O.C8H16.C8H18.C7H13F3.C7H12F2.C7H14.C7H16.C6H11F3/c1-7(2)10-6-8-3-4-9(10)5-8;1-6(2)7-3-8-5-9(8)4-7;1-7(2)5-8-6-9(8,3)4;1-8(2)7-9-5-3-4-6-9;1-8(2)9-6-4-3-5-7-9;1-7(2)5-8-3-4-9-6-8;1-7(2)6-8(3)4-5-8;1-7(2)5-6-8(3)4;1-6(2)4-3-5-7(8,9)10;1-5(2)3-6-4-7(6,8)9;1-6(2)7-4-3-5-7;1-6(2)5-7(3)4;1-5(2)3-4-6(7,8)9/h7-10H,3-6H2,1-2H3;6-9H,3-5H2,1-2H3;7-8H,5-6H2,1-4H3;2*8-9H,3-7H2,1-2H3;7-8H,3-6H2,1-2H3;7H,4-6H2,1-3H3;7-8H,5-6H2,1-4H3;6H,3-5H2,1-2H3;5-6H,3-4H2,1-2H3;6-7H,3-5H2,1-2H3;6-7H,5H2,1-4H3;5H,3-4H2,1-2H3/t;7?,8-,9+;;;;;;;;;;;. The third-order valence-corrected chi connectivity index (χ3v) is 26.4. The molecule has 7 unspecified atom stereocenters. The summed E-state index contributed by atoms with van der Waals surface area (Å²) in [5.74, 6) is 21.2. The van der Waals surface area contributed by atoms with E-state index in [2.05, 4.69) is 187 Å². The highest BCUT2D eigenvalue weighted by Crippen LogP contribution is 2.57. The molecule has 0 radical (unpaired) electrons. The van der Waals surface area contributed by atoms with Gasteiger partial charge in [-0.2, -0.15) is 26.3 Å². The molecule has 0 N–H and O–H groups in total. The molecule has 0 aromatic rings. The average molecular weight is 1620 g/mol. The molecule has 0 aromatic heterocycles. The molecule has 0 amide bonds. The van der Waals surface area contributed by atoms with E-state index in [0.717, 1.165) is 143 Å². The van der Waals surface area contributed by atoms with Gasteiger partial charge in [-0.15, -0.1) is 0 Å². The highest BCUT2D eigenvalue weighted by molar-refractivity contribution is 4.97. The molecular formula is C104H204F8O. The normalized spacial score (nSPS) is 25.2. The van der Waals surface area contributed by atoms with Crippen LogP contribution in [0.15, 0.2) is 0 Å². The van der Waals surface area contributed by atoms with Crippen LogP contribution < -0.4 is 0 Å². The summed E-state index contributed by atoms with van der Waals surface area (Å²) >= 11 is 0. The Bertz CT molecular complexity index is 2040. The number of alkyl halides is 8. The third kappa shape index (κ3) is 67.6. The van der Waals surface area contributed by atoms with Gasteiger partial charge in [0, 0.05) is 38.4 Å². The van der Waals surface area contributed by atoms with Crippen molar-refractivity contribution in [2.24, 2.45) is 171 Å². The summed E-state index contributed by atoms with van der Waals surface area (Å²) in [5, 5.41) is 0. The van der Waals surface area contributed by atoms with Gasteiger partial charge in [-0.1, -0.05) is 331 Å². The highest BCUT2D eigenvalue weighted by Gasteiger charge is 2.56. The topological polar surface area (TPSA) is 9.23 Å².